The number of ether oxygens (including phenoxy) is 1. The Labute approximate surface area is 193 Å². The zero-order valence-corrected chi connectivity index (χ0v) is 18.7. The molecule has 1 atom stereocenters. The van der Waals surface area contributed by atoms with Crippen molar-refractivity contribution in [3.05, 3.63) is 59.9 Å². The number of para-hydroxylation sites is 1. The summed E-state index contributed by atoms with van der Waals surface area (Å²) < 4.78 is 44.3. The fourth-order valence-corrected chi connectivity index (χ4v) is 4.41. The Morgan fingerprint density at radius 2 is 1.91 bits per heavy atom. The van der Waals surface area contributed by atoms with E-state index in [1.807, 2.05) is 24.3 Å². The van der Waals surface area contributed by atoms with Gasteiger partial charge in [0.25, 0.3) is 0 Å². The van der Waals surface area contributed by atoms with Gasteiger partial charge >= 0.3 is 6.18 Å². The zero-order chi connectivity index (χ0) is 23.4. The molecule has 33 heavy (non-hydrogen) atoms. The molecule has 1 fully saturated rings. The number of amides is 1. The number of carbonyl (C=O) groups excluding carboxylic acids is 1. The third kappa shape index (κ3) is 6.01. The minimum atomic E-state index is -4.47. The lowest BCUT2D eigenvalue weighted by molar-refractivity contribution is -0.137. The van der Waals surface area contributed by atoms with Crippen LogP contribution in [0.5, 0.6) is 0 Å². The van der Waals surface area contributed by atoms with Crippen molar-refractivity contribution in [2.24, 2.45) is 0 Å². The van der Waals surface area contributed by atoms with Crippen molar-refractivity contribution in [3.63, 3.8) is 0 Å². The van der Waals surface area contributed by atoms with E-state index in [1.165, 1.54) is 23.9 Å². The molecular formula is C23H23F3N4O2S. The molecule has 2 aromatic carbocycles. The smallest absolute Gasteiger partial charge is 0.379 e. The van der Waals surface area contributed by atoms with E-state index in [0.717, 1.165) is 36.1 Å². The molecule has 2 heterocycles. The van der Waals surface area contributed by atoms with Crippen molar-refractivity contribution in [2.45, 2.75) is 29.9 Å². The summed E-state index contributed by atoms with van der Waals surface area (Å²) in [6.07, 6.45) is -4.47. The molecule has 0 bridgehead atoms. The van der Waals surface area contributed by atoms with E-state index in [0.29, 0.717) is 30.6 Å². The Hall–Kier alpha value is -2.69. The summed E-state index contributed by atoms with van der Waals surface area (Å²) in [6, 6.07) is 12.2. The van der Waals surface area contributed by atoms with Crippen molar-refractivity contribution < 1.29 is 22.7 Å². The van der Waals surface area contributed by atoms with Gasteiger partial charge in [0.15, 0.2) is 0 Å². The van der Waals surface area contributed by atoms with Crippen molar-refractivity contribution in [1.82, 2.24) is 14.9 Å². The van der Waals surface area contributed by atoms with E-state index in [-0.39, 0.29) is 5.69 Å². The summed E-state index contributed by atoms with van der Waals surface area (Å²) in [5.41, 5.74) is 0.0710. The number of halogens is 3. The standard InChI is InChI=1S/C23H23F3N4O2S/c1-15(21(31)27-17-6-4-5-16(13-17)23(24,25)26)33-22-18-7-2-3-8-19(18)28-20(29-22)14-30-9-11-32-12-10-30/h2-8,13,15H,9-12,14H2,1H3,(H,27,31). The Morgan fingerprint density at radius 3 is 2.67 bits per heavy atom. The summed E-state index contributed by atoms with van der Waals surface area (Å²) in [4.78, 5) is 24.3. The fourth-order valence-electron chi connectivity index (χ4n) is 3.45. The van der Waals surface area contributed by atoms with Crippen molar-refractivity contribution >= 4 is 34.3 Å². The van der Waals surface area contributed by atoms with Crippen molar-refractivity contribution in [1.29, 1.82) is 0 Å². The maximum Gasteiger partial charge on any atom is 0.416 e. The molecule has 3 aromatic rings. The predicted molar refractivity (Wildman–Crippen MR) is 121 cm³/mol. The van der Waals surface area contributed by atoms with Crippen LogP contribution >= 0.6 is 11.8 Å². The Bertz CT molecular complexity index is 1140. The van der Waals surface area contributed by atoms with Gasteiger partial charge in [0.2, 0.25) is 5.91 Å². The first-order chi connectivity index (χ1) is 15.8. The number of carbonyl (C=O) groups is 1. The number of alkyl halides is 3. The summed E-state index contributed by atoms with van der Waals surface area (Å²) in [5, 5.41) is 3.48. The highest BCUT2D eigenvalue weighted by atomic mass is 32.2. The van der Waals surface area contributed by atoms with Crippen LogP contribution in [0.15, 0.2) is 53.6 Å². The average Bonchev–Trinajstić information content (AvgIpc) is 2.79. The topological polar surface area (TPSA) is 67.3 Å². The molecular weight excluding hydrogens is 453 g/mol. The van der Waals surface area contributed by atoms with Crippen LogP contribution in [0.4, 0.5) is 18.9 Å². The van der Waals surface area contributed by atoms with Gasteiger partial charge in [-0.25, -0.2) is 9.97 Å². The van der Waals surface area contributed by atoms with Gasteiger partial charge in [-0.05, 0) is 31.2 Å². The first-order valence-corrected chi connectivity index (χ1v) is 11.4. The maximum absolute atomic E-state index is 13.0. The van der Waals surface area contributed by atoms with Gasteiger partial charge in [0.05, 0.1) is 36.1 Å². The number of hydrogen-bond donors (Lipinski definition) is 1. The van der Waals surface area contributed by atoms with Crippen LogP contribution in [-0.2, 0) is 22.3 Å². The van der Waals surface area contributed by atoms with Crippen LogP contribution in [0.3, 0.4) is 0 Å². The molecule has 10 heteroatoms. The van der Waals surface area contributed by atoms with Crippen LogP contribution in [0.25, 0.3) is 10.9 Å². The SMILES string of the molecule is CC(Sc1nc(CN2CCOCC2)nc2ccccc12)C(=O)Nc1cccc(C(F)(F)F)c1. The summed E-state index contributed by atoms with van der Waals surface area (Å²) >= 11 is 1.26. The van der Waals surface area contributed by atoms with E-state index in [9.17, 15) is 18.0 Å². The average molecular weight is 477 g/mol. The van der Waals surface area contributed by atoms with Gasteiger partial charge in [0, 0.05) is 24.2 Å². The lowest BCUT2D eigenvalue weighted by atomic mass is 10.2. The van der Waals surface area contributed by atoms with Gasteiger partial charge < -0.3 is 10.1 Å². The lowest BCUT2D eigenvalue weighted by Crippen LogP contribution is -2.36. The highest BCUT2D eigenvalue weighted by molar-refractivity contribution is 8.00. The number of anilines is 1. The highest BCUT2D eigenvalue weighted by Crippen LogP contribution is 2.32. The molecule has 1 unspecified atom stereocenters. The molecule has 1 saturated heterocycles. The van der Waals surface area contributed by atoms with Crippen LogP contribution in [0, 0.1) is 0 Å². The van der Waals surface area contributed by atoms with Crippen molar-refractivity contribution in [3.8, 4) is 0 Å². The maximum atomic E-state index is 13.0. The quantitative estimate of drug-likeness (QED) is 0.414. The molecule has 4 rings (SSSR count). The number of benzene rings is 2. The molecule has 1 aliphatic heterocycles. The first kappa shape index (κ1) is 23.5. The van der Waals surface area contributed by atoms with E-state index >= 15 is 0 Å². The summed E-state index contributed by atoms with van der Waals surface area (Å²) in [5.74, 6) is 0.250. The molecule has 6 nitrogen and oxygen atoms in total. The molecule has 0 aliphatic carbocycles. The third-order valence-corrected chi connectivity index (χ3v) is 6.30. The van der Waals surface area contributed by atoms with Gasteiger partial charge in [-0.1, -0.05) is 36.0 Å². The van der Waals surface area contributed by atoms with Crippen LogP contribution in [0.1, 0.15) is 18.3 Å². The Kier molecular flexibility index (Phi) is 7.16. The minimum absolute atomic E-state index is 0.0998. The van der Waals surface area contributed by atoms with Crippen LogP contribution < -0.4 is 5.32 Å². The molecule has 0 spiro atoms. The summed E-state index contributed by atoms with van der Waals surface area (Å²) in [6.45, 7) is 5.21. The predicted octanol–water partition coefficient (Wildman–Crippen LogP) is 4.60. The Morgan fingerprint density at radius 1 is 1.15 bits per heavy atom. The second-order valence-electron chi connectivity index (χ2n) is 7.68. The monoisotopic (exact) mass is 476 g/mol. The fraction of sp³-hybridized carbons (Fsp3) is 0.348. The molecule has 1 amide bonds. The lowest BCUT2D eigenvalue weighted by Gasteiger charge is -2.26. The molecule has 1 N–H and O–H groups in total. The second-order valence-corrected chi connectivity index (χ2v) is 9.01. The van der Waals surface area contributed by atoms with Crippen LogP contribution in [-0.4, -0.2) is 52.3 Å². The van der Waals surface area contributed by atoms with Crippen LogP contribution in [0.2, 0.25) is 0 Å². The zero-order valence-electron chi connectivity index (χ0n) is 17.9. The number of nitrogens with one attached hydrogen (secondary N) is 1. The third-order valence-electron chi connectivity index (χ3n) is 5.20. The molecule has 0 saturated carbocycles. The van der Waals surface area contributed by atoms with Gasteiger partial charge in [-0.3, -0.25) is 9.69 Å². The minimum Gasteiger partial charge on any atom is -0.379 e. The molecule has 1 aliphatic rings. The largest absolute Gasteiger partial charge is 0.416 e. The van der Waals surface area contributed by atoms with Gasteiger partial charge in [-0.15, -0.1) is 0 Å². The number of fused-ring (bicyclic) bond motifs is 1. The number of rotatable bonds is 6. The number of hydrogen-bond acceptors (Lipinski definition) is 6. The molecule has 174 valence electrons. The first-order valence-electron chi connectivity index (χ1n) is 10.5. The van der Waals surface area contributed by atoms with Gasteiger partial charge in [0.1, 0.15) is 10.9 Å². The number of thioether (sulfide) groups is 1. The van der Waals surface area contributed by atoms with E-state index < -0.39 is 22.9 Å². The van der Waals surface area contributed by atoms with E-state index in [2.05, 4.69) is 15.2 Å². The summed E-state index contributed by atoms with van der Waals surface area (Å²) in [7, 11) is 0. The molecule has 0 radical (unpaired) electrons. The van der Waals surface area contributed by atoms with Crippen molar-refractivity contribution in [2.75, 3.05) is 31.6 Å². The number of aromatic nitrogens is 2. The second kappa shape index (κ2) is 10.1. The van der Waals surface area contributed by atoms with Gasteiger partial charge in [-0.2, -0.15) is 13.2 Å². The molecule has 1 aromatic heterocycles. The normalized spacial score (nSPS) is 16.0. The van der Waals surface area contributed by atoms with E-state index in [4.69, 9.17) is 9.72 Å². The number of morpholine rings is 1. The Balaban J connectivity index is 1.51. The highest BCUT2D eigenvalue weighted by Gasteiger charge is 2.30. The number of nitrogens with zero attached hydrogens (tertiary/aromatic N) is 3. The van der Waals surface area contributed by atoms with E-state index in [1.54, 1.807) is 6.92 Å².